The van der Waals surface area contributed by atoms with Gasteiger partial charge >= 0.3 is 0 Å². The molecule has 1 saturated heterocycles. The van der Waals surface area contributed by atoms with Crippen molar-refractivity contribution in [2.75, 3.05) is 25.1 Å². The van der Waals surface area contributed by atoms with Crippen molar-refractivity contribution in [1.82, 2.24) is 10.2 Å². The van der Waals surface area contributed by atoms with Crippen LogP contribution in [-0.4, -0.2) is 36.9 Å². The molecule has 1 aliphatic rings. The molecule has 2 aromatic rings. The van der Waals surface area contributed by atoms with Gasteiger partial charge in [-0.15, -0.1) is 4.91 Å². The molecule has 0 radical (unpaired) electrons. The van der Waals surface area contributed by atoms with Crippen LogP contribution < -0.4 is 20.8 Å². The van der Waals surface area contributed by atoms with Crippen molar-refractivity contribution >= 4 is 11.5 Å². The van der Waals surface area contributed by atoms with E-state index in [2.05, 4.69) is 29.1 Å². The van der Waals surface area contributed by atoms with Crippen LogP contribution in [0.2, 0.25) is 0 Å². The van der Waals surface area contributed by atoms with Crippen LogP contribution in [-0.2, 0) is 0 Å². The number of anilines is 1. The maximum absolute atomic E-state index is 11.9. The summed E-state index contributed by atoms with van der Waals surface area (Å²) in [5.41, 5.74) is 7.50. The summed E-state index contributed by atoms with van der Waals surface area (Å²) in [6, 6.07) is 16.6. The number of likely N-dealkylation sites (tertiary alicyclic amines) is 1. The molecule has 0 aliphatic carbocycles. The maximum Gasteiger partial charge on any atom is 0.153 e. The summed E-state index contributed by atoms with van der Waals surface area (Å²) >= 11 is 0. The average Bonchev–Trinajstić information content (AvgIpc) is 3.17. The lowest BCUT2D eigenvalue weighted by Gasteiger charge is -2.23. The maximum atomic E-state index is 11.9. The summed E-state index contributed by atoms with van der Waals surface area (Å²) in [5, 5.41) is 7.48. The summed E-state index contributed by atoms with van der Waals surface area (Å²) < 4.78 is 5.82. The zero-order valence-electron chi connectivity index (χ0n) is 17.9. The highest BCUT2D eigenvalue weighted by Gasteiger charge is 2.24. The quantitative estimate of drug-likeness (QED) is 0.290. The van der Waals surface area contributed by atoms with Crippen LogP contribution in [0, 0.1) is 4.91 Å². The highest BCUT2D eigenvalue weighted by Crippen LogP contribution is 2.27. The van der Waals surface area contributed by atoms with E-state index in [0.29, 0.717) is 28.7 Å². The number of likely N-dealkylation sites (N-methyl/N-ethyl adjacent to an activating group) is 1. The Kier molecular flexibility index (Phi) is 7.40. The first kappa shape index (κ1) is 22.0. The minimum atomic E-state index is 0.0944. The van der Waals surface area contributed by atoms with E-state index >= 15 is 0 Å². The Hall–Kier alpha value is -3.65. The molecule has 8 nitrogen and oxygen atoms in total. The van der Waals surface area contributed by atoms with Gasteiger partial charge in [0.05, 0.1) is 17.0 Å². The van der Waals surface area contributed by atoms with Crippen molar-refractivity contribution in [2.24, 2.45) is 16.0 Å². The molecule has 1 aliphatic heterocycles. The van der Waals surface area contributed by atoms with E-state index in [9.17, 15) is 4.91 Å². The van der Waals surface area contributed by atoms with Crippen LogP contribution in [0.1, 0.15) is 13.3 Å². The van der Waals surface area contributed by atoms with E-state index in [1.807, 2.05) is 30.3 Å². The first-order valence-electron chi connectivity index (χ1n) is 10.1. The Morgan fingerprint density at radius 1 is 1.23 bits per heavy atom. The number of para-hydroxylation sites is 1. The lowest BCUT2D eigenvalue weighted by Crippen LogP contribution is -2.33. The van der Waals surface area contributed by atoms with Crippen LogP contribution >= 0.6 is 0 Å². The summed E-state index contributed by atoms with van der Waals surface area (Å²) in [7, 11) is 2.05. The van der Waals surface area contributed by atoms with Crippen molar-refractivity contribution in [1.29, 1.82) is 0 Å². The minimum absolute atomic E-state index is 0.0944. The summed E-state index contributed by atoms with van der Waals surface area (Å²) in [5.74, 6) is 1.83. The molecule has 1 atom stereocenters. The van der Waals surface area contributed by atoms with Gasteiger partial charge < -0.3 is 20.7 Å². The van der Waals surface area contributed by atoms with Crippen LogP contribution in [0.3, 0.4) is 0 Å². The second kappa shape index (κ2) is 10.4. The highest BCUT2D eigenvalue weighted by molar-refractivity contribution is 6.02. The number of benzene rings is 2. The number of allylic oxidation sites excluding steroid dienone is 1. The molecule has 0 aromatic heterocycles. The van der Waals surface area contributed by atoms with Crippen LogP contribution in [0.5, 0.6) is 11.5 Å². The van der Waals surface area contributed by atoms with Crippen LogP contribution in [0.4, 0.5) is 5.69 Å². The third-order valence-electron chi connectivity index (χ3n) is 4.87. The van der Waals surface area contributed by atoms with Gasteiger partial charge in [-0.2, -0.15) is 5.01 Å². The van der Waals surface area contributed by atoms with E-state index in [-0.39, 0.29) is 6.04 Å². The lowest BCUT2D eigenvalue weighted by molar-refractivity contribution is 0.411. The van der Waals surface area contributed by atoms with Gasteiger partial charge in [-0.05, 0) is 69.5 Å². The van der Waals surface area contributed by atoms with E-state index in [1.54, 1.807) is 31.2 Å². The SMILES string of the molecule is C=CNC(=NC1CCN(C)C1)/C(=C(\C)N)N(N=O)c1ccc(Oc2ccccc2)cc1. The summed E-state index contributed by atoms with van der Waals surface area (Å²) in [4.78, 5) is 18.9. The highest BCUT2D eigenvalue weighted by atomic mass is 16.5. The molecule has 3 N–H and O–H groups in total. The van der Waals surface area contributed by atoms with E-state index in [1.165, 1.54) is 11.2 Å². The number of hydrogen-bond donors (Lipinski definition) is 2. The van der Waals surface area contributed by atoms with Gasteiger partial charge in [-0.3, -0.25) is 4.99 Å². The number of amidine groups is 1. The smallest absolute Gasteiger partial charge is 0.153 e. The first-order valence-corrected chi connectivity index (χ1v) is 10.1. The Morgan fingerprint density at radius 2 is 1.90 bits per heavy atom. The average molecular weight is 421 g/mol. The van der Waals surface area contributed by atoms with Crippen molar-refractivity contribution in [3.63, 3.8) is 0 Å². The monoisotopic (exact) mass is 420 g/mol. The third-order valence-corrected chi connectivity index (χ3v) is 4.87. The normalized spacial score (nSPS) is 17.6. The molecule has 1 unspecified atom stereocenters. The van der Waals surface area contributed by atoms with E-state index in [0.717, 1.165) is 25.3 Å². The zero-order chi connectivity index (χ0) is 22.2. The molecule has 31 heavy (non-hydrogen) atoms. The van der Waals surface area contributed by atoms with Crippen molar-refractivity contribution in [2.45, 2.75) is 19.4 Å². The van der Waals surface area contributed by atoms with Crippen molar-refractivity contribution < 1.29 is 4.74 Å². The fourth-order valence-corrected chi connectivity index (χ4v) is 3.41. The number of nitrogens with two attached hydrogens (primary N) is 1. The fourth-order valence-electron chi connectivity index (χ4n) is 3.41. The molecule has 162 valence electrons. The second-order valence-electron chi connectivity index (χ2n) is 7.36. The standard InChI is InChI=1S/C23H28N6O2/c1-4-25-23(26-18-14-15-28(3)16-18)22(17(2)24)29(27-30)19-10-12-21(13-11-19)31-20-8-6-5-7-9-20/h4-13,18H,1,14-16,24H2,2-3H3,(H,25,26)/b22-17-. The molecule has 0 saturated carbocycles. The molecular weight excluding hydrogens is 392 g/mol. The third kappa shape index (κ3) is 5.70. The number of hydrogen-bond acceptors (Lipinski definition) is 6. The zero-order valence-corrected chi connectivity index (χ0v) is 17.9. The number of aliphatic imine (C=N–C) groups is 1. The predicted molar refractivity (Wildman–Crippen MR) is 125 cm³/mol. The molecular formula is C23H28N6O2. The Morgan fingerprint density at radius 3 is 2.45 bits per heavy atom. The molecule has 1 fully saturated rings. The van der Waals surface area contributed by atoms with Gasteiger partial charge in [0, 0.05) is 12.2 Å². The van der Waals surface area contributed by atoms with Crippen LogP contribution in [0.15, 0.2) is 89.0 Å². The lowest BCUT2D eigenvalue weighted by atomic mass is 10.2. The van der Waals surface area contributed by atoms with Crippen LogP contribution in [0.25, 0.3) is 0 Å². The van der Waals surface area contributed by atoms with Crippen molar-refractivity contribution in [3.05, 3.63) is 83.7 Å². The Balaban J connectivity index is 1.88. The number of nitrogens with zero attached hydrogens (tertiary/aromatic N) is 4. The first-order chi connectivity index (χ1) is 15.0. The Labute approximate surface area is 182 Å². The fraction of sp³-hybridized carbons (Fsp3) is 0.261. The second-order valence-corrected chi connectivity index (χ2v) is 7.36. The van der Waals surface area contributed by atoms with Gasteiger partial charge in [-0.1, -0.05) is 24.8 Å². The van der Waals surface area contributed by atoms with Gasteiger partial charge in [0.2, 0.25) is 0 Å². The topological polar surface area (TPSA) is 95.5 Å². The van der Waals surface area contributed by atoms with Gasteiger partial charge in [0.1, 0.15) is 17.2 Å². The molecule has 8 heteroatoms. The van der Waals surface area contributed by atoms with Gasteiger partial charge in [0.25, 0.3) is 0 Å². The number of nitroso groups, excluding NO2 is 1. The largest absolute Gasteiger partial charge is 0.457 e. The number of ether oxygens (including phenoxy) is 1. The molecule has 3 rings (SSSR count). The van der Waals surface area contributed by atoms with E-state index in [4.69, 9.17) is 15.5 Å². The van der Waals surface area contributed by atoms with Crippen molar-refractivity contribution in [3.8, 4) is 11.5 Å². The summed E-state index contributed by atoms with van der Waals surface area (Å²) in [6.45, 7) is 7.24. The molecule has 0 spiro atoms. The van der Waals surface area contributed by atoms with E-state index < -0.39 is 0 Å². The Bertz CT molecular complexity index is 952. The minimum Gasteiger partial charge on any atom is -0.457 e. The molecule has 1 heterocycles. The molecule has 0 bridgehead atoms. The number of rotatable bonds is 8. The number of nitrogens with one attached hydrogen (secondary N) is 1. The van der Waals surface area contributed by atoms with Gasteiger partial charge in [-0.25, -0.2) is 0 Å². The van der Waals surface area contributed by atoms with Gasteiger partial charge in [0.15, 0.2) is 5.84 Å². The molecule has 2 aromatic carbocycles. The summed E-state index contributed by atoms with van der Waals surface area (Å²) in [6.07, 6.45) is 2.44. The predicted octanol–water partition coefficient (Wildman–Crippen LogP) is 3.99. The molecule has 0 amide bonds.